The highest BCUT2D eigenvalue weighted by atomic mass is 32.2. The van der Waals surface area contributed by atoms with E-state index in [1.165, 1.54) is 5.56 Å². The van der Waals surface area contributed by atoms with Gasteiger partial charge in [0, 0.05) is 11.6 Å². The molecule has 0 aliphatic rings. The molecule has 6 heteroatoms. The number of nitrogens with zero attached hydrogens (tertiary/aromatic N) is 1. The maximum atomic E-state index is 11.3. The van der Waals surface area contributed by atoms with E-state index in [1.54, 1.807) is 18.2 Å². The highest BCUT2D eigenvalue weighted by Gasteiger charge is 2.10. The number of hydrogen-bond donors (Lipinski definition) is 1. The van der Waals surface area contributed by atoms with Crippen LogP contribution in [0.5, 0.6) is 0 Å². The van der Waals surface area contributed by atoms with E-state index in [0.717, 1.165) is 18.2 Å². The Bertz CT molecular complexity index is 912. The summed E-state index contributed by atoms with van der Waals surface area (Å²) < 4.78 is 30.7. The van der Waals surface area contributed by atoms with Crippen LogP contribution in [0, 0.1) is 0 Å². The van der Waals surface area contributed by atoms with Crippen LogP contribution in [0.25, 0.3) is 22.6 Å². The quantitative estimate of drug-likeness (QED) is 0.800. The number of hydrogen-bond acceptors (Lipinski definition) is 4. The fourth-order valence-corrected chi connectivity index (χ4v) is 2.76. The average Bonchev–Trinajstić information content (AvgIpc) is 2.89. The van der Waals surface area contributed by atoms with E-state index in [0.29, 0.717) is 22.7 Å². The van der Waals surface area contributed by atoms with Gasteiger partial charge in [0.25, 0.3) is 0 Å². The Labute approximate surface area is 129 Å². The Morgan fingerprint density at radius 3 is 2.50 bits per heavy atom. The van der Waals surface area contributed by atoms with Crippen LogP contribution in [0.1, 0.15) is 12.5 Å². The van der Waals surface area contributed by atoms with Gasteiger partial charge in [0.2, 0.25) is 15.9 Å². The Morgan fingerprint density at radius 1 is 1.14 bits per heavy atom. The van der Waals surface area contributed by atoms with Crippen molar-refractivity contribution >= 4 is 26.8 Å². The Morgan fingerprint density at radius 2 is 1.86 bits per heavy atom. The molecular weight excluding hydrogens is 300 g/mol. The summed E-state index contributed by atoms with van der Waals surface area (Å²) in [5, 5.41) is 0. The summed E-state index contributed by atoms with van der Waals surface area (Å²) in [4.78, 5) is 4.43. The van der Waals surface area contributed by atoms with Crippen molar-refractivity contribution in [3.63, 3.8) is 0 Å². The summed E-state index contributed by atoms with van der Waals surface area (Å²) in [5.74, 6) is 0.522. The molecule has 5 nitrogen and oxygen atoms in total. The molecule has 0 radical (unpaired) electrons. The summed E-state index contributed by atoms with van der Waals surface area (Å²) in [6.45, 7) is 2.10. The lowest BCUT2D eigenvalue weighted by Gasteiger charge is -2.01. The van der Waals surface area contributed by atoms with Crippen molar-refractivity contribution in [3.05, 3.63) is 48.0 Å². The topological polar surface area (TPSA) is 72.2 Å². The molecule has 0 spiro atoms. The predicted molar refractivity (Wildman–Crippen MR) is 87.3 cm³/mol. The molecule has 1 aromatic heterocycles. The largest absolute Gasteiger partial charge is 0.436 e. The maximum absolute atomic E-state index is 11.3. The lowest BCUT2D eigenvalue weighted by Crippen LogP contribution is -2.09. The van der Waals surface area contributed by atoms with Gasteiger partial charge in [0.1, 0.15) is 5.52 Å². The predicted octanol–water partition coefficient (Wildman–Crippen LogP) is 3.43. The van der Waals surface area contributed by atoms with Gasteiger partial charge < -0.3 is 4.42 Å². The van der Waals surface area contributed by atoms with Gasteiger partial charge in [-0.3, -0.25) is 4.72 Å². The third-order valence-electron chi connectivity index (χ3n) is 3.30. The van der Waals surface area contributed by atoms with E-state index < -0.39 is 10.0 Å². The van der Waals surface area contributed by atoms with Crippen LogP contribution in [0.2, 0.25) is 0 Å². The van der Waals surface area contributed by atoms with Crippen molar-refractivity contribution < 1.29 is 12.8 Å². The monoisotopic (exact) mass is 316 g/mol. The Kier molecular flexibility index (Phi) is 3.62. The summed E-state index contributed by atoms with van der Waals surface area (Å²) in [7, 11) is -3.31. The molecule has 1 heterocycles. The van der Waals surface area contributed by atoms with Crippen molar-refractivity contribution in [2.24, 2.45) is 0 Å². The molecule has 0 aliphatic heterocycles. The summed E-state index contributed by atoms with van der Waals surface area (Å²) >= 11 is 0. The van der Waals surface area contributed by atoms with E-state index in [9.17, 15) is 8.42 Å². The number of fused-ring (bicyclic) bond motifs is 1. The van der Waals surface area contributed by atoms with E-state index in [-0.39, 0.29) is 0 Å². The third kappa shape index (κ3) is 3.12. The highest BCUT2D eigenvalue weighted by Crippen LogP contribution is 2.26. The van der Waals surface area contributed by atoms with Crippen LogP contribution in [-0.2, 0) is 16.4 Å². The Hall–Kier alpha value is -2.34. The number of rotatable bonds is 4. The van der Waals surface area contributed by atoms with Crippen molar-refractivity contribution in [2.75, 3.05) is 11.0 Å². The van der Waals surface area contributed by atoms with Crippen molar-refractivity contribution in [1.82, 2.24) is 4.98 Å². The summed E-state index contributed by atoms with van der Waals surface area (Å²) in [5.41, 5.74) is 3.83. The molecule has 3 aromatic rings. The van der Waals surface area contributed by atoms with Gasteiger partial charge in [0.05, 0.1) is 11.9 Å². The number of anilines is 1. The van der Waals surface area contributed by atoms with Crippen molar-refractivity contribution in [3.8, 4) is 11.5 Å². The first kappa shape index (κ1) is 14.6. The second-order valence-electron chi connectivity index (χ2n) is 5.13. The first-order chi connectivity index (χ1) is 10.4. The number of benzene rings is 2. The lowest BCUT2D eigenvalue weighted by molar-refractivity contribution is 0.607. The first-order valence-electron chi connectivity index (χ1n) is 6.92. The van der Waals surface area contributed by atoms with Crippen LogP contribution in [0.4, 0.5) is 5.69 Å². The zero-order valence-electron chi connectivity index (χ0n) is 12.3. The van der Waals surface area contributed by atoms with Gasteiger partial charge in [-0.2, -0.15) is 0 Å². The molecule has 0 fully saturated rings. The Balaban J connectivity index is 1.98. The van der Waals surface area contributed by atoms with Gasteiger partial charge in [-0.1, -0.05) is 19.1 Å². The third-order valence-corrected chi connectivity index (χ3v) is 3.91. The molecule has 0 saturated heterocycles. The number of nitrogens with one attached hydrogen (secondary N) is 1. The minimum Gasteiger partial charge on any atom is -0.436 e. The van der Waals surface area contributed by atoms with Crippen LogP contribution < -0.4 is 4.72 Å². The summed E-state index contributed by atoms with van der Waals surface area (Å²) in [6.07, 6.45) is 2.09. The molecule has 22 heavy (non-hydrogen) atoms. The van der Waals surface area contributed by atoms with Crippen LogP contribution in [0.15, 0.2) is 46.9 Å². The molecule has 0 saturated carbocycles. The minimum absolute atomic E-state index is 0.457. The zero-order valence-corrected chi connectivity index (χ0v) is 13.1. The molecular formula is C16H16N2O3S. The van der Waals surface area contributed by atoms with Gasteiger partial charge in [0.15, 0.2) is 5.58 Å². The number of aromatic nitrogens is 1. The second kappa shape index (κ2) is 5.46. The van der Waals surface area contributed by atoms with Crippen LogP contribution >= 0.6 is 0 Å². The smallest absolute Gasteiger partial charge is 0.229 e. The van der Waals surface area contributed by atoms with E-state index in [1.807, 2.05) is 24.3 Å². The number of aryl methyl sites for hydroxylation is 1. The molecule has 1 N–H and O–H groups in total. The zero-order chi connectivity index (χ0) is 15.7. The molecule has 3 rings (SSSR count). The number of sulfonamides is 1. The van der Waals surface area contributed by atoms with Gasteiger partial charge in [-0.15, -0.1) is 0 Å². The molecule has 0 unspecified atom stereocenters. The van der Waals surface area contributed by atoms with Crippen LogP contribution in [-0.4, -0.2) is 19.7 Å². The first-order valence-corrected chi connectivity index (χ1v) is 8.81. The van der Waals surface area contributed by atoms with Crippen molar-refractivity contribution in [1.29, 1.82) is 0 Å². The fraction of sp³-hybridized carbons (Fsp3) is 0.188. The molecule has 0 aliphatic carbocycles. The van der Waals surface area contributed by atoms with Gasteiger partial charge in [-0.25, -0.2) is 13.4 Å². The number of oxazole rings is 1. The van der Waals surface area contributed by atoms with E-state index in [4.69, 9.17) is 4.42 Å². The second-order valence-corrected chi connectivity index (χ2v) is 6.87. The molecule has 0 amide bonds. The average molecular weight is 316 g/mol. The van der Waals surface area contributed by atoms with Gasteiger partial charge in [-0.05, 0) is 36.2 Å². The van der Waals surface area contributed by atoms with E-state index in [2.05, 4.69) is 16.6 Å². The van der Waals surface area contributed by atoms with Crippen LogP contribution in [0.3, 0.4) is 0 Å². The maximum Gasteiger partial charge on any atom is 0.229 e. The fourth-order valence-electron chi connectivity index (χ4n) is 2.21. The molecule has 2 aromatic carbocycles. The van der Waals surface area contributed by atoms with E-state index >= 15 is 0 Å². The highest BCUT2D eigenvalue weighted by molar-refractivity contribution is 7.92. The lowest BCUT2D eigenvalue weighted by atomic mass is 10.1. The molecule has 0 atom stereocenters. The van der Waals surface area contributed by atoms with Gasteiger partial charge >= 0.3 is 0 Å². The standard InChI is InChI=1S/C16H16N2O3S/c1-3-11-4-6-12(7-5-11)16-17-14-9-8-13(10-15(14)21-16)18-22(2,19)20/h4-10,18H,3H2,1-2H3. The SMILES string of the molecule is CCc1ccc(-c2nc3ccc(NS(C)(=O)=O)cc3o2)cc1. The minimum atomic E-state index is -3.31. The molecule has 0 bridgehead atoms. The summed E-state index contributed by atoms with van der Waals surface area (Å²) in [6, 6.07) is 13.1. The molecule has 114 valence electrons. The normalized spacial score (nSPS) is 11.7. The van der Waals surface area contributed by atoms with Crippen molar-refractivity contribution in [2.45, 2.75) is 13.3 Å².